The lowest BCUT2D eigenvalue weighted by Crippen LogP contribution is -3.15. The van der Waals surface area contributed by atoms with E-state index in [9.17, 15) is 9.59 Å². The van der Waals surface area contributed by atoms with Gasteiger partial charge < -0.3 is 19.7 Å². The Hall–Kier alpha value is -2.86. The van der Waals surface area contributed by atoms with Crippen LogP contribution in [0.3, 0.4) is 0 Å². The molecule has 0 aliphatic carbocycles. The first-order valence-corrected chi connectivity index (χ1v) is 9.94. The lowest BCUT2D eigenvalue weighted by molar-refractivity contribution is -0.932. The maximum Gasteiger partial charge on any atom is 0.282 e. The van der Waals surface area contributed by atoms with Gasteiger partial charge in [0.25, 0.3) is 5.91 Å². The molecule has 6 nitrogen and oxygen atoms in total. The first-order chi connectivity index (χ1) is 13.9. The molecule has 0 bridgehead atoms. The Bertz CT molecular complexity index is 879. The Kier molecular flexibility index (Phi) is 6.54. The minimum atomic E-state index is -0.221. The number of methoxy groups -OCH3 is 2. The van der Waals surface area contributed by atoms with E-state index < -0.39 is 0 Å². The number of quaternary nitrogens is 1. The zero-order valence-electron chi connectivity index (χ0n) is 17.5. The van der Waals surface area contributed by atoms with Crippen LogP contribution in [0.15, 0.2) is 42.5 Å². The number of hydrogen-bond acceptors (Lipinski definition) is 4. The van der Waals surface area contributed by atoms with Crippen LogP contribution < -0.4 is 19.7 Å². The molecule has 0 radical (unpaired) electrons. The molecule has 1 saturated heterocycles. The summed E-state index contributed by atoms with van der Waals surface area (Å²) in [6, 6.07) is 12.8. The second kappa shape index (κ2) is 9.09. The second-order valence-corrected chi connectivity index (χ2v) is 7.47. The lowest BCUT2D eigenvalue weighted by atomic mass is 10.0. The first kappa shape index (κ1) is 20.9. The quantitative estimate of drug-likeness (QED) is 0.705. The summed E-state index contributed by atoms with van der Waals surface area (Å²) >= 11 is 0. The standard InChI is InChI=1S/C23H28N2O4/c1-15(23(27)24-18-9-7-17(8-10-18)16(2)26)25-13-5-6-21(25)20-12-11-19(28-3)14-22(20)29-4/h7-12,14-15,21H,5-6,13H2,1-4H3,(H,24,27)/p+1/t15-,21-/m1/s1. The average molecular weight is 397 g/mol. The van der Waals surface area contributed by atoms with Crippen LogP contribution in [-0.4, -0.2) is 38.5 Å². The molecule has 3 rings (SSSR count). The molecule has 2 aromatic carbocycles. The molecule has 1 aliphatic rings. The normalized spacial score (nSPS) is 19.4. The van der Waals surface area contributed by atoms with Gasteiger partial charge in [0.2, 0.25) is 0 Å². The van der Waals surface area contributed by atoms with E-state index in [4.69, 9.17) is 9.47 Å². The molecule has 2 N–H and O–H groups in total. The van der Waals surface area contributed by atoms with Crippen molar-refractivity contribution in [3.8, 4) is 11.5 Å². The number of nitrogens with one attached hydrogen (secondary N) is 2. The van der Waals surface area contributed by atoms with Gasteiger partial charge in [0.05, 0.1) is 26.3 Å². The van der Waals surface area contributed by atoms with Crippen LogP contribution in [0.25, 0.3) is 0 Å². The predicted octanol–water partition coefficient (Wildman–Crippen LogP) is 2.65. The van der Waals surface area contributed by atoms with Crippen molar-refractivity contribution in [2.24, 2.45) is 0 Å². The Morgan fingerprint density at radius 2 is 1.83 bits per heavy atom. The molecule has 6 heteroatoms. The van der Waals surface area contributed by atoms with E-state index in [-0.39, 0.29) is 23.8 Å². The fourth-order valence-electron chi connectivity index (χ4n) is 4.06. The minimum absolute atomic E-state index is 0.00837. The second-order valence-electron chi connectivity index (χ2n) is 7.47. The van der Waals surface area contributed by atoms with Crippen LogP contribution in [0.2, 0.25) is 0 Å². The zero-order valence-corrected chi connectivity index (χ0v) is 17.5. The molecule has 0 aromatic heterocycles. The van der Waals surface area contributed by atoms with Gasteiger partial charge in [0, 0.05) is 30.2 Å². The molecule has 1 aliphatic heterocycles. The predicted molar refractivity (Wildman–Crippen MR) is 112 cm³/mol. The van der Waals surface area contributed by atoms with Crippen molar-refractivity contribution in [3.63, 3.8) is 0 Å². The van der Waals surface area contributed by atoms with Crippen molar-refractivity contribution in [1.29, 1.82) is 0 Å². The van der Waals surface area contributed by atoms with E-state index in [0.29, 0.717) is 11.3 Å². The molecular formula is C23H29N2O4+. The Balaban J connectivity index is 1.74. The third kappa shape index (κ3) is 4.59. The maximum absolute atomic E-state index is 12.9. The van der Waals surface area contributed by atoms with E-state index in [1.165, 1.54) is 11.8 Å². The van der Waals surface area contributed by atoms with E-state index in [2.05, 4.69) is 5.32 Å². The fraction of sp³-hybridized carbons (Fsp3) is 0.391. The molecule has 0 spiro atoms. The van der Waals surface area contributed by atoms with Crippen molar-refractivity contribution in [1.82, 2.24) is 0 Å². The topological polar surface area (TPSA) is 69.1 Å². The van der Waals surface area contributed by atoms with Crippen LogP contribution >= 0.6 is 0 Å². The fourth-order valence-corrected chi connectivity index (χ4v) is 4.06. The SMILES string of the molecule is COc1ccc([C@H]2CCC[NH+]2[C@H](C)C(=O)Nc2ccc(C(C)=O)cc2)c(OC)c1. The minimum Gasteiger partial charge on any atom is -0.497 e. The summed E-state index contributed by atoms with van der Waals surface area (Å²) < 4.78 is 10.9. The molecular weight excluding hydrogens is 368 g/mol. The first-order valence-electron chi connectivity index (χ1n) is 9.94. The summed E-state index contributed by atoms with van der Waals surface area (Å²) in [6.07, 6.45) is 2.06. The van der Waals surface area contributed by atoms with Crippen LogP contribution in [0.1, 0.15) is 48.7 Å². The Morgan fingerprint density at radius 3 is 2.45 bits per heavy atom. The van der Waals surface area contributed by atoms with Gasteiger partial charge in [-0.1, -0.05) is 0 Å². The number of ether oxygens (including phenoxy) is 2. The van der Waals surface area contributed by atoms with Gasteiger partial charge >= 0.3 is 0 Å². The molecule has 1 unspecified atom stereocenters. The third-order valence-electron chi connectivity index (χ3n) is 5.73. The molecule has 1 heterocycles. The van der Waals surface area contributed by atoms with Crippen LogP contribution in [0.5, 0.6) is 11.5 Å². The van der Waals surface area contributed by atoms with Crippen LogP contribution in [-0.2, 0) is 4.79 Å². The smallest absolute Gasteiger partial charge is 0.282 e. The summed E-state index contributed by atoms with van der Waals surface area (Å²) in [7, 11) is 3.30. The molecule has 0 saturated carbocycles. The van der Waals surface area contributed by atoms with Crippen molar-refractivity contribution in [3.05, 3.63) is 53.6 Å². The highest BCUT2D eigenvalue weighted by Crippen LogP contribution is 2.32. The number of rotatable bonds is 7. The summed E-state index contributed by atoms with van der Waals surface area (Å²) in [5.41, 5.74) is 2.43. The van der Waals surface area contributed by atoms with Gasteiger partial charge in [-0.05, 0) is 50.2 Å². The van der Waals surface area contributed by atoms with Gasteiger partial charge in [0.1, 0.15) is 17.5 Å². The highest BCUT2D eigenvalue weighted by molar-refractivity contribution is 5.96. The van der Waals surface area contributed by atoms with Gasteiger partial charge in [-0.2, -0.15) is 0 Å². The summed E-state index contributed by atoms with van der Waals surface area (Å²) in [6.45, 7) is 4.42. The number of benzene rings is 2. The number of Topliss-reactive ketones (excluding diaryl/α,β-unsaturated/α-hetero) is 1. The van der Waals surface area contributed by atoms with Crippen molar-refractivity contribution >= 4 is 17.4 Å². The lowest BCUT2D eigenvalue weighted by Gasteiger charge is -2.28. The van der Waals surface area contributed by atoms with Crippen molar-refractivity contribution < 1.29 is 24.0 Å². The van der Waals surface area contributed by atoms with E-state index >= 15 is 0 Å². The molecule has 3 atom stereocenters. The number of anilines is 1. The number of carbonyl (C=O) groups excluding carboxylic acids is 2. The van der Waals surface area contributed by atoms with Crippen molar-refractivity contribution in [2.45, 2.75) is 38.8 Å². The van der Waals surface area contributed by atoms with Gasteiger partial charge in [-0.25, -0.2) is 0 Å². The number of carbonyl (C=O) groups is 2. The maximum atomic E-state index is 12.9. The molecule has 1 amide bonds. The molecule has 1 fully saturated rings. The van der Waals surface area contributed by atoms with E-state index in [1.807, 2.05) is 25.1 Å². The Morgan fingerprint density at radius 1 is 1.10 bits per heavy atom. The average Bonchev–Trinajstić information content (AvgIpc) is 3.22. The largest absolute Gasteiger partial charge is 0.497 e. The monoisotopic (exact) mass is 397 g/mol. The molecule has 154 valence electrons. The number of amides is 1. The van der Waals surface area contributed by atoms with Crippen LogP contribution in [0.4, 0.5) is 5.69 Å². The highest BCUT2D eigenvalue weighted by Gasteiger charge is 2.38. The van der Waals surface area contributed by atoms with E-state index in [0.717, 1.165) is 36.4 Å². The van der Waals surface area contributed by atoms with E-state index in [1.54, 1.807) is 38.5 Å². The molecule has 2 aromatic rings. The summed E-state index contributed by atoms with van der Waals surface area (Å²) in [5, 5.41) is 2.98. The van der Waals surface area contributed by atoms with Crippen LogP contribution in [0, 0.1) is 0 Å². The number of ketones is 1. The Labute approximate surface area is 171 Å². The third-order valence-corrected chi connectivity index (χ3v) is 5.73. The molecule has 29 heavy (non-hydrogen) atoms. The number of hydrogen-bond donors (Lipinski definition) is 2. The van der Waals surface area contributed by atoms with Gasteiger partial charge in [-0.3, -0.25) is 9.59 Å². The van der Waals surface area contributed by atoms with Crippen molar-refractivity contribution in [2.75, 3.05) is 26.1 Å². The van der Waals surface area contributed by atoms with Gasteiger partial charge in [-0.15, -0.1) is 0 Å². The van der Waals surface area contributed by atoms with Gasteiger partial charge in [0.15, 0.2) is 11.8 Å². The zero-order chi connectivity index (χ0) is 21.0. The number of likely N-dealkylation sites (tertiary alicyclic amines) is 1. The highest BCUT2D eigenvalue weighted by atomic mass is 16.5. The summed E-state index contributed by atoms with van der Waals surface area (Å²) in [4.78, 5) is 25.5. The summed E-state index contributed by atoms with van der Waals surface area (Å²) in [5.74, 6) is 1.52.